The van der Waals surface area contributed by atoms with Crippen LogP contribution < -0.4 is 20.8 Å². The van der Waals surface area contributed by atoms with Crippen LogP contribution in [0.5, 0.6) is 5.75 Å². The minimum Gasteiger partial charge on any atom is -0.495 e. The first-order valence-corrected chi connectivity index (χ1v) is 9.71. The number of carbonyl (C=O) groups is 1. The molecule has 3 heterocycles. The van der Waals surface area contributed by atoms with Crippen LogP contribution >= 0.6 is 11.6 Å². The van der Waals surface area contributed by atoms with E-state index in [0.29, 0.717) is 66.5 Å². The third kappa shape index (κ3) is 3.89. The summed E-state index contributed by atoms with van der Waals surface area (Å²) in [5.41, 5.74) is 4.43. The second kappa shape index (κ2) is 8.32. The van der Waals surface area contributed by atoms with E-state index in [1.807, 2.05) is 19.2 Å². The molecular weight excluding hydrogens is 396 g/mol. The quantitative estimate of drug-likeness (QED) is 0.678. The molecule has 10 heteroatoms. The molecule has 3 N–H and O–H groups in total. The highest BCUT2D eigenvalue weighted by molar-refractivity contribution is 6.30. The summed E-state index contributed by atoms with van der Waals surface area (Å²) in [5.74, 6) is 2.58. The minimum absolute atomic E-state index is 0.0323. The molecule has 154 valence electrons. The Hall–Kier alpha value is -2.75. The van der Waals surface area contributed by atoms with E-state index in [-0.39, 0.29) is 5.91 Å². The molecule has 0 atom stereocenters. The van der Waals surface area contributed by atoms with Crippen LogP contribution in [0.3, 0.4) is 0 Å². The van der Waals surface area contributed by atoms with Crippen molar-refractivity contribution in [1.82, 2.24) is 20.7 Å². The van der Waals surface area contributed by atoms with Gasteiger partial charge in [-0.3, -0.25) is 4.79 Å². The Balaban J connectivity index is 1.57. The molecule has 0 saturated carbocycles. The van der Waals surface area contributed by atoms with Gasteiger partial charge in [-0.05, 0) is 18.2 Å². The number of anilines is 1. The lowest BCUT2D eigenvalue weighted by Crippen LogP contribution is -2.40. The number of nitrogens with one attached hydrogen (secondary N) is 3. The zero-order valence-electron chi connectivity index (χ0n) is 16.3. The van der Waals surface area contributed by atoms with Gasteiger partial charge in [0.05, 0.1) is 37.6 Å². The fourth-order valence-electron chi connectivity index (χ4n) is 3.34. The SMILES string of the molecule is CNC1=CC(Nc2ccc(C(=O)N3CCOCC3)cc2OC)=NC2=C(Cl)CNN12. The number of amidine groups is 1. The second-order valence-corrected chi connectivity index (χ2v) is 7.08. The van der Waals surface area contributed by atoms with Gasteiger partial charge in [0.2, 0.25) is 0 Å². The molecule has 3 aliphatic rings. The van der Waals surface area contributed by atoms with Gasteiger partial charge in [0.25, 0.3) is 5.91 Å². The van der Waals surface area contributed by atoms with Crippen LogP contribution in [0, 0.1) is 0 Å². The molecule has 0 aromatic heterocycles. The van der Waals surface area contributed by atoms with Crippen LogP contribution in [0.25, 0.3) is 0 Å². The molecule has 1 fully saturated rings. The molecule has 0 aliphatic carbocycles. The summed E-state index contributed by atoms with van der Waals surface area (Å²) in [6.07, 6.45) is 1.86. The van der Waals surface area contributed by atoms with Crippen LogP contribution in [0.4, 0.5) is 5.69 Å². The van der Waals surface area contributed by atoms with Crippen LogP contribution in [-0.2, 0) is 4.74 Å². The van der Waals surface area contributed by atoms with Crippen LogP contribution in [-0.4, -0.2) is 68.7 Å². The van der Waals surface area contributed by atoms with Crippen molar-refractivity contribution < 1.29 is 14.3 Å². The van der Waals surface area contributed by atoms with Gasteiger partial charge in [-0.25, -0.2) is 15.4 Å². The molecule has 1 saturated heterocycles. The van der Waals surface area contributed by atoms with Crippen molar-refractivity contribution in [2.75, 3.05) is 52.3 Å². The number of ether oxygens (including phenoxy) is 2. The van der Waals surface area contributed by atoms with Gasteiger partial charge in [0, 0.05) is 31.8 Å². The van der Waals surface area contributed by atoms with Crippen LogP contribution in [0.2, 0.25) is 0 Å². The number of carbonyl (C=O) groups excluding carboxylic acids is 1. The van der Waals surface area contributed by atoms with Crippen LogP contribution in [0.15, 0.2) is 45.9 Å². The zero-order chi connectivity index (χ0) is 20.4. The van der Waals surface area contributed by atoms with Crippen molar-refractivity contribution >= 4 is 29.0 Å². The molecule has 0 bridgehead atoms. The largest absolute Gasteiger partial charge is 0.495 e. The van der Waals surface area contributed by atoms with Gasteiger partial charge in [0.1, 0.15) is 17.4 Å². The van der Waals surface area contributed by atoms with Crippen molar-refractivity contribution in [3.05, 3.63) is 46.5 Å². The normalized spacial score (nSPS) is 18.9. The number of amides is 1. The Labute approximate surface area is 174 Å². The number of benzene rings is 1. The van der Waals surface area contributed by atoms with E-state index in [2.05, 4.69) is 21.1 Å². The number of nitrogens with zero attached hydrogens (tertiary/aromatic N) is 3. The molecule has 1 amide bonds. The fourth-order valence-corrected chi connectivity index (χ4v) is 3.52. The zero-order valence-corrected chi connectivity index (χ0v) is 17.0. The Morgan fingerprint density at radius 1 is 1.34 bits per heavy atom. The fraction of sp³-hybridized carbons (Fsp3) is 0.368. The Kier molecular flexibility index (Phi) is 5.61. The highest BCUT2D eigenvalue weighted by atomic mass is 35.5. The van der Waals surface area contributed by atoms with Gasteiger partial charge in [-0.1, -0.05) is 11.6 Å². The number of methoxy groups -OCH3 is 1. The highest BCUT2D eigenvalue weighted by Crippen LogP contribution is 2.29. The third-order valence-corrected chi connectivity index (χ3v) is 5.16. The van der Waals surface area contributed by atoms with Crippen molar-refractivity contribution in [3.63, 3.8) is 0 Å². The number of halogens is 1. The van der Waals surface area contributed by atoms with E-state index in [1.165, 1.54) is 0 Å². The summed E-state index contributed by atoms with van der Waals surface area (Å²) in [5, 5.41) is 8.81. The van der Waals surface area contributed by atoms with Gasteiger partial charge in [0.15, 0.2) is 5.82 Å². The third-order valence-electron chi connectivity index (χ3n) is 4.85. The standard InChI is InChI=1S/C19H23ClN6O3/c1-21-17-10-16(24-18-13(20)11-22-26(17)18)23-14-4-3-12(9-15(14)28-2)19(27)25-5-7-29-8-6-25/h3-4,9-10,21-22H,5-8,11H2,1-2H3,(H,23,24). The number of morpholine rings is 1. The minimum atomic E-state index is -0.0323. The van der Waals surface area contributed by atoms with Crippen molar-refractivity contribution in [3.8, 4) is 5.75 Å². The Morgan fingerprint density at radius 2 is 2.14 bits per heavy atom. The van der Waals surface area contributed by atoms with E-state index < -0.39 is 0 Å². The molecular formula is C19H23ClN6O3. The van der Waals surface area contributed by atoms with E-state index >= 15 is 0 Å². The van der Waals surface area contributed by atoms with Crippen molar-refractivity contribution in [2.45, 2.75) is 0 Å². The highest BCUT2D eigenvalue weighted by Gasteiger charge is 2.28. The lowest BCUT2D eigenvalue weighted by Gasteiger charge is -2.27. The molecule has 1 aromatic carbocycles. The first-order chi connectivity index (χ1) is 14.1. The van der Waals surface area contributed by atoms with Crippen molar-refractivity contribution in [1.29, 1.82) is 0 Å². The van der Waals surface area contributed by atoms with Gasteiger partial charge in [-0.15, -0.1) is 0 Å². The Bertz CT molecular complexity index is 907. The van der Waals surface area contributed by atoms with Gasteiger partial charge in [-0.2, -0.15) is 0 Å². The van der Waals surface area contributed by atoms with Crippen LogP contribution in [0.1, 0.15) is 10.4 Å². The predicted octanol–water partition coefficient (Wildman–Crippen LogP) is 1.28. The molecule has 9 nitrogen and oxygen atoms in total. The molecule has 29 heavy (non-hydrogen) atoms. The first-order valence-electron chi connectivity index (χ1n) is 9.33. The summed E-state index contributed by atoms with van der Waals surface area (Å²) in [7, 11) is 3.40. The molecule has 0 unspecified atom stereocenters. The summed E-state index contributed by atoms with van der Waals surface area (Å²) in [6, 6.07) is 5.34. The Morgan fingerprint density at radius 3 is 2.86 bits per heavy atom. The number of fused-ring (bicyclic) bond motifs is 1. The molecule has 1 aromatic rings. The average Bonchev–Trinajstić information content (AvgIpc) is 3.14. The van der Waals surface area contributed by atoms with E-state index in [4.69, 9.17) is 21.1 Å². The van der Waals surface area contributed by atoms with Crippen molar-refractivity contribution in [2.24, 2.45) is 4.99 Å². The maximum atomic E-state index is 12.7. The lowest BCUT2D eigenvalue weighted by atomic mass is 10.1. The molecule has 4 rings (SSSR count). The summed E-state index contributed by atoms with van der Waals surface area (Å²) in [4.78, 5) is 19.1. The number of hydrogen-bond acceptors (Lipinski definition) is 8. The molecule has 0 radical (unpaired) electrons. The number of aliphatic imine (C=N–C) groups is 1. The predicted molar refractivity (Wildman–Crippen MR) is 111 cm³/mol. The lowest BCUT2D eigenvalue weighted by molar-refractivity contribution is 0.0302. The van der Waals surface area contributed by atoms with E-state index in [9.17, 15) is 4.79 Å². The summed E-state index contributed by atoms with van der Waals surface area (Å²) >= 11 is 6.27. The summed E-state index contributed by atoms with van der Waals surface area (Å²) in [6.45, 7) is 2.83. The smallest absolute Gasteiger partial charge is 0.254 e. The summed E-state index contributed by atoms with van der Waals surface area (Å²) < 4.78 is 10.8. The van der Waals surface area contributed by atoms with E-state index in [0.717, 1.165) is 5.82 Å². The molecule has 3 aliphatic heterocycles. The average molecular weight is 419 g/mol. The maximum absolute atomic E-state index is 12.7. The van der Waals surface area contributed by atoms with Gasteiger partial charge >= 0.3 is 0 Å². The maximum Gasteiger partial charge on any atom is 0.254 e. The number of hydrogen-bond donors (Lipinski definition) is 3. The first kappa shape index (κ1) is 19.6. The monoisotopic (exact) mass is 418 g/mol. The number of hydrazine groups is 1. The van der Waals surface area contributed by atoms with Gasteiger partial charge < -0.3 is 25.0 Å². The molecule has 0 spiro atoms. The van der Waals surface area contributed by atoms with E-state index in [1.54, 1.807) is 29.2 Å². The topological polar surface area (TPSA) is 90.5 Å². The second-order valence-electron chi connectivity index (χ2n) is 6.62. The number of rotatable bonds is 4.